The van der Waals surface area contributed by atoms with Crippen LogP contribution < -0.4 is 18.3 Å². The van der Waals surface area contributed by atoms with Crippen LogP contribution in [0.4, 0.5) is 0 Å². The predicted octanol–water partition coefficient (Wildman–Crippen LogP) is 29.5. The van der Waals surface area contributed by atoms with Crippen LogP contribution in [0.25, 0.3) is 110 Å². The molecule has 1 atom stereocenters. The highest BCUT2D eigenvalue weighted by Gasteiger charge is 2.30. The van der Waals surface area contributed by atoms with Crippen LogP contribution in [0.15, 0.2) is 194 Å². The van der Waals surface area contributed by atoms with Gasteiger partial charge in [0.15, 0.2) is 24.2 Å². The van der Waals surface area contributed by atoms with E-state index in [2.05, 4.69) is 317 Å². The van der Waals surface area contributed by atoms with Gasteiger partial charge >= 0.3 is 0 Å². The van der Waals surface area contributed by atoms with Crippen molar-refractivity contribution in [2.45, 2.75) is 236 Å². The van der Waals surface area contributed by atoms with Gasteiger partial charge in [0, 0.05) is 64.6 Å². The van der Waals surface area contributed by atoms with Gasteiger partial charge in [0.1, 0.15) is 32.3 Å². The Morgan fingerprint density at radius 3 is 1.12 bits per heavy atom. The van der Waals surface area contributed by atoms with Crippen molar-refractivity contribution in [1.82, 2.24) is 4.57 Å². The number of para-hydroxylation sites is 1. The molecule has 0 spiro atoms. The van der Waals surface area contributed by atoms with Crippen LogP contribution in [0.2, 0.25) is 0 Å². The first-order valence-electron chi connectivity index (χ1n) is 48.0. The van der Waals surface area contributed by atoms with Gasteiger partial charge in [0.05, 0.1) is 45.1 Å². The van der Waals surface area contributed by atoms with Crippen LogP contribution in [-0.4, -0.2) is 4.57 Å². The molecule has 0 saturated heterocycles. The Morgan fingerprint density at radius 1 is 0.305 bits per heavy atom. The van der Waals surface area contributed by atoms with Crippen LogP contribution in [-0.2, 0) is 28.2 Å². The molecule has 0 aliphatic heterocycles. The summed E-state index contributed by atoms with van der Waals surface area (Å²) in [7, 11) is 8.04. The number of fused-ring (bicyclic) bond motifs is 7. The first kappa shape index (κ1) is 78.3. The second-order valence-electron chi connectivity index (χ2n) is 37.9. The topological polar surface area (TPSA) is 20.4 Å². The Kier molecular flexibility index (Phi) is 24.5. The van der Waals surface area contributed by atoms with Gasteiger partial charge in [-0.1, -0.05) is 221 Å². The number of pyridine rings is 4. The van der Waals surface area contributed by atoms with Crippen molar-refractivity contribution >= 4 is 64.9 Å². The zero-order valence-corrected chi connectivity index (χ0v) is 77.9. The van der Waals surface area contributed by atoms with E-state index in [4.69, 9.17) is 11.0 Å². The standard InChI is InChI=1S/C34H41N2.C28H38N.C26H34N.C25H32N/c1-20(2)33(21(3)4)25-14-15-27-26(18-25)17-24(8)35(9)34(27)29-19-32-30(16-23(29)7)28-12-10-11-13-31(28)36(32)22(5)6;1-17(2)24-14-20(7)21(8)26(16-24)28-25-11-10-23(27(18(3)4)19(5)6)15-22(25)12-13-29(28)9;1-16(2)25(17(3)4)22-9-10-23-21(15-22)11-12-27(8)26(23)24-14-18(5)13-19(6)20(24)7;1-16(2)24(17(3)4)21-11-12-23-20(15-21)13-14-26(7)25(23)22-10-8-9-18(5)19(22)6/h10-22,33H,1-9H3;10-19,27H,1-9H3;9-17,25H,1-8H3;8-17,24H,1-7H3/q4*+1/i;1D3,13D,17D;12D;8D,14D. The molecule has 0 bridgehead atoms. The lowest BCUT2D eigenvalue weighted by Gasteiger charge is -2.25. The number of benzene rings is 9. The van der Waals surface area contributed by atoms with E-state index in [1.54, 1.807) is 0 Å². The summed E-state index contributed by atoms with van der Waals surface area (Å²) in [5, 5.41) is 12.0. The average Bonchev–Trinajstić information content (AvgIpc) is 1.35. The molecule has 5 aromatic heterocycles. The monoisotopic (exact) mass is 1580 g/mol. The molecule has 0 radical (unpaired) electrons. The van der Waals surface area contributed by atoms with Crippen molar-refractivity contribution in [2.24, 2.45) is 75.5 Å². The van der Waals surface area contributed by atoms with Gasteiger partial charge in [-0.25, -0.2) is 13.7 Å². The van der Waals surface area contributed by atoms with E-state index in [1.165, 1.54) is 123 Å². The van der Waals surface area contributed by atoms with Gasteiger partial charge in [0.2, 0.25) is 22.8 Å². The maximum absolute atomic E-state index is 8.67. The van der Waals surface area contributed by atoms with Crippen molar-refractivity contribution in [1.29, 1.82) is 0 Å². The molecular formula is C113H145N5+4. The highest BCUT2D eigenvalue weighted by molar-refractivity contribution is 6.10. The molecule has 9 aromatic carbocycles. The van der Waals surface area contributed by atoms with Crippen LogP contribution >= 0.6 is 0 Å². The largest absolute Gasteiger partial charge is 0.338 e. The second kappa shape index (κ2) is 37.0. The molecular weight excluding hydrogens is 1430 g/mol. The number of hydrogen-bond donors (Lipinski definition) is 0. The van der Waals surface area contributed by atoms with Gasteiger partial charge in [-0.15, -0.1) is 0 Å². The maximum atomic E-state index is 8.67. The minimum Gasteiger partial charge on any atom is -0.338 e. The molecule has 14 rings (SSSR count). The lowest BCUT2D eigenvalue weighted by molar-refractivity contribution is -0.665. The van der Waals surface area contributed by atoms with E-state index in [9.17, 15) is 0 Å². The molecule has 14 aromatic rings. The molecule has 5 heteroatoms. The minimum absolute atomic E-state index is 0.386. The summed E-state index contributed by atoms with van der Waals surface area (Å²) < 4.78 is 77.1. The fourth-order valence-corrected chi connectivity index (χ4v) is 20.4. The van der Waals surface area contributed by atoms with Gasteiger partial charge in [-0.2, -0.15) is 4.57 Å². The van der Waals surface area contributed by atoms with Crippen molar-refractivity contribution in [3.8, 4) is 45.0 Å². The van der Waals surface area contributed by atoms with E-state index in [0.29, 0.717) is 107 Å². The van der Waals surface area contributed by atoms with Crippen LogP contribution in [0.3, 0.4) is 0 Å². The van der Waals surface area contributed by atoms with E-state index in [0.717, 1.165) is 66.4 Å². The highest BCUT2D eigenvalue weighted by Crippen LogP contribution is 2.44. The SMILES string of the molecule is Cc1cc2c3ccccc3n(C(C)C)c2cc1-c1c2ccc(C(C(C)C)C(C)C)cc2cc(C)[n+]1C.[2H]c1cc(C)c(C)c(-c2c3ccc(C(C(C)C)C(C)C)cc3cc([2H])[n+]2C)c1.[2H]c1cc2cc(C(C(C)C)C(C)C)ccc2c(-c2cc(C([2H])(C)C([2H])([2H])[2H])cc(C)c2C)[n+]1C.[2H]c1cc2cc(C(C(C)C)C(C)C)ccc2c(-c2cc(C)cc(C)c2C)[n+]1C. The molecule has 0 aliphatic rings. The predicted molar refractivity (Wildman–Crippen MR) is 512 cm³/mol. The molecule has 0 fully saturated rings. The van der Waals surface area contributed by atoms with E-state index in [-0.39, 0.29) is 0 Å². The smallest absolute Gasteiger partial charge is 0.220 e. The summed E-state index contributed by atoms with van der Waals surface area (Å²) in [6.45, 7) is 59.5. The van der Waals surface area contributed by atoms with Crippen molar-refractivity contribution in [3.05, 3.63) is 272 Å². The lowest BCUT2D eigenvalue weighted by Crippen LogP contribution is -2.35. The Labute approximate surface area is 723 Å². The number of hydrogen-bond acceptors (Lipinski definition) is 0. The summed E-state index contributed by atoms with van der Waals surface area (Å²) in [6, 6.07) is 62.2. The Bertz CT molecular complexity index is 6220. The first-order chi connectivity index (χ1) is 58.9. The summed E-state index contributed by atoms with van der Waals surface area (Å²) in [4.78, 5) is 0. The van der Waals surface area contributed by atoms with E-state index >= 15 is 0 Å². The number of nitrogens with zero attached hydrogens (tertiary/aromatic N) is 5. The quantitative estimate of drug-likeness (QED) is 0.0764. The molecule has 0 aliphatic carbocycles. The zero-order valence-electron chi connectivity index (χ0n) is 85.9. The third kappa shape index (κ3) is 18.3. The summed E-state index contributed by atoms with van der Waals surface area (Å²) in [5.41, 5.74) is 28.1. The number of rotatable bonds is 18. The first-order valence-corrected chi connectivity index (χ1v) is 44.0. The summed E-state index contributed by atoms with van der Waals surface area (Å²) in [5.74, 6) is 4.83. The molecule has 5 heterocycles. The number of aromatic nitrogens is 5. The van der Waals surface area contributed by atoms with E-state index < -0.39 is 12.7 Å². The Hall–Kier alpha value is -9.58. The van der Waals surface area contributed by atoms with Crippen LogP contribution in [0, 0.1) is 110 Å². The van der Waals surface area contributed by atoms with Crippen LogP contribution in [0.1, 0.15) is 263 Å². The third-order valence-corrected chi connectivity index (χ3v) is 26.1. The molecule has 0 amide bonds. The van der Waals surface area contributed by atoms with Gasteiger partial charge in [-0.3, -0.25) is 0 Å². The van der Waals surface area contributed by atoms with Crippen molar-refractivity contribution in [3.63, 3.8) is 0 Å². The fourth-order valence-electron chi connectivity index (χ4n) is 20.4. The molecule has 118 heavy (non-hydrogen) atoms. The van der Waals surface area contributed by atoms with Crippen LogP contribution in [0.5, 0.6) is 0 Å². The molecule has 618 valence electrons. The average molecular weight is 1580 g/mol. The number of aryl methyl sites for hydroxylation is 6. The molecule has 1 unspecified atom stereocenters. The van der Waals surface area contributed by atoms with Gasteiger partial charge in [0.25, 0.3) is 0 Å². The highest BCUT2D eigenvalue weighted by atomic mass is 15.0. The van der Waals surface area contributed by atoms with E-state index in [1.807, 2.05) is 91.2 Å². The lowest BCUT2D eigenvalue weighted by atomic mass is 9.79. The van der Waals surface area contributed by atoms with Gasteiger partial charge < -0.3 is 4.57 Å². The minimum atomic E-state index is -2.45. The molecule has 0 saturated carbocycles. The maximum Gasteiger partial charge on any atom is 0.220 e. The summed E-state index contributed by atoms with van der Waals surface area (Å²) >= 11 is 0. The van der Waals surface area contributed by atoms with Crippen molar-refractivity contribution < 1.29 is 29.2 Å². The molecule has 0 N–H and O–H groups in total. The Morgan fingerprint density at radius 2 is 0.695 bits per heavy atom. The fraction of sp³-hybridized carbons (Fsp3) is 0.416. The summed E-state index contributed by atoms with van der Waals surface area (Å²) in [6.07, 6.45) is 1.42. The van der Waals surface area contributed by atoms with Gasteiger partial charge in [-0.05, 0) is 295 Å². The second-order valence-corrected chi connectivity index (χ2v) is 37.9. The molecule has 5 nitrogen and oxygen atoms in total. The normalized spacial score (nSPS) is 13.7. The third-order valence-electron chi connectivity index (χ3n) is 26.1. The zero-order chi connectivity index (χ0) is 93.1. The van der Waals surface area contributed by atoms with Crippen molar-refractivity contribution in [2.75, 3.05) is 0 Å². The Balaban J connectivity index is 0.000000164.